The smallest absolute Gasteiger partial charge is 0.103 e. The fraction of sp³-hybridized carbons (Fsp3) is 0.562. The molecule has 1 fully saturated rings. The van der Waals surface area contributed by atoms with E-state index in [1.807, 2.05) is 12.1 Å². The minimum atomic E-state index is 0.473. The van der Waals surface area contributed by atoms with Gasteiger partial charge in [-0.15, -0.1) is 0 Å². The predicted molar refractivity (Wildman–Crippen MR) is 85.2 cm³/mol. The van der Waals surface area contributed by atoms with Crippen molar-refractivity contribution in [3.05, 3.63) is 35.4 Å². The second kappa shape index (κ2) is 6.49. The van der Waals surface area contributed by atoms with Crippen molar-refractivity contribution in [3.8, 4) is 0 Å². The molecule has 0 radical (unpaired) electrons. The fourth-order valence-electron chi connectivity index (χ4n) is 3.13. The van der Waals surface area contributed by atoms with Crippen LogP contribution in [0, 0.1) is 5.92 Å². The molecule has 0 amide bonds. The summed E-state index contributed by atoms with van der Waals surface area (Å²) < 4.78 is 0. The molecule has 2 atom stereocenters. The maximum absolute atomic E-state index is 5.62. The van der Waals surface area contributed by atoms with E-state index >= 15 is 0 Å². The van der Waals surface area contributed by atoms with Crippen LogP contribution < -0.4 is 5.73 Å². The van der Waals surface area contributed by atoms with E-state index in [-0.39, 0.29) is 0 Å². The van der Waals surface area contributed by atoms with Crippen molar-refractivity contribution in [1.82, 2.24) is 4.90 Å². The lowest BCUT2D eigenvalue weighted by molar-refractivity contribution is 0.133. The molecule has 1 aromatic rings. The van der Waals surface area contributed by atoms with Crippen molar-refractivity contribution in [2.24, 2.45) is 11.7 Å². The Balaban J connectivity index is 1.97. The molecule has 0 spiro atoms. The topological polar surface area (TPSA) is 29.3 Å². The normalized spacial score (nSPS) is 23.5. The summed E-state index contributed by atoms with van der Waals surface area (Å²) in [6, 6.07) is 9.05. The number of benzene rings is 1. The maximum atomic E-state index is 5.62. The molecule has 104 valence electrons. The molecular formula is C16H24N2S. The van der Waals surface area contributed by atoms with Crippen molar-refractivity contribution < 1.29 is 0 Å². The highest BCUT2D eigenvalue weighted by atomic mass is 32.1. The van der Waals surface area contributed by atoms with E-state index in [4.69, 9.17) is 18.0 Å². The van der Waals surface area contributed by atoms with Crippen LogP contribution in [-0.2, 0) is 6.54 Å². The second-order valence-electron chi connectivity index (χ2n) is 5.81. The molecule has 1 saturated carbocycles. The van der Waals surface area contributed by atoms with Gasteiger partial charge in [0.25, 0.3) is 0 Å². The van der Waals surface area contributed by atoms with Gasteiger partial charge in [-0.05, 0) is 31.4 Å². The average molecular weight is 276 g/mol. The van der Waals surface area contributed by atoms with Crippen molar-refractivity contribution in [2.45, 2.75) is 45.2 Å². The maximum Gasteiger partial charge on any atom is 0.103 e. The Kier molecular flexibility index (Phi) is 4.94. The van der Waals surface area contributed by atoms with Gasteiger partial charge in [0.2, 0.25) is 0 Å². The van der Waals surface area contributed by atoms with Crippen LogP contribution in [0.3, 0.4) is 0 Å². The van der Waals surface area contributed by atoms with Crippen LogP contribution >= 0.6 is 12.2 Å². The highest BCUT2D eigenvalue weighted by Crippen LogP contribution is 2.28. The molecule has 2 unspecified atom stereocenters. The Morgan fingerprint density at radius 1 is 1.26 bits per heavy atom. The lowest BCUT2D eigenvalue weighted by Crippen LogP contribution is -2.38. The Morgan fingerprint density at radius 2 is 1.89 bits per heavy atom. The molecule has 0 aliphatic heterocycles. The Bertz CT molecular complexity index is 427. The van der Waals surface area contributed by atoms with E-state index in [1.165, 1.54) is 31.2 Å². The number of thiocarbonyl (C=S) groups is 1. The number of nitrogens with two attached hydrogens (primary N) is 1. The molecule has 19 heavy (non-hydrogen) atoms. The summed E-state index contributed by atoms with van der Waals surface area (Å²) in [6.45, 7) is 3.39. The summed E-state index contributed by atoms with van der Waals surface area (Å²) in [5.74, 6) is 0.814. The van der Waals surface area contributed by atoms with Crippen LogP contribution in [0.5, 0.6) is 0 Å². The molecule has 0 saturated heterocycles. The zero-order valence-electron chi connectivity index (χ0n) is 11.9. The number of hydrogen-bond donors (Lipinski definition) is 1. The quantitative estimate of drug-likeness (QED) is 0.855. The molecule has 1 aliphatic carbocycles. The molecule has 3 heteroatoms. The molecule has 1 aromatic carbocycles. The first-order valence-electron chi connectivity index (χ1n) is 7.17. The van der Waals surface area contributed by atoms with E-state index < -0.39 is 0 Å². The van der Waals surface area contributed by atoms with Crippen LogP contribution in [0.4, 0.5) is 0 Å². The fourth-order valence-corrected chi connectivity index (χ4v) is 3.27. The number of nitrogens with zero attached hydrogens (tertiary/aromatic N) is 1. The third-order valence-electron chi connectivity index (χ3n) is 4.30. The Labute approximate surface area is 122 Å². The van der Waals surface area contributed by atoms with Gasteiger partial charge in [0.05, 0.1) is 0 Å². The molecule has 2 rings (SSSR count). The van der Waals surface area contributed by atoms with E-state index in [9.17, 15) is 0 Å². The second-order valence-corrected chi connectivity index (χ2v) is 6.25. The minimum absolute atomic E-state index is 0.473. The SMILES string of the molecule is CC1CCCCC1N(C)Cc1ccc(C(N)=S)cc1. The molecular weight excluding hydrogens is 252 g/mol. The third-order valence-corrected chi connectivity index (χ3v) is 4.54. The van der Waals surface area contributed by atoms with Gasteiger partial charge in [-0.1, -0.05) is 56.2 Å². The summed E-state index contributed by atoms with van der Waals surface area (Å²) in [5.41, 5.74) is 7.91. The zero-order chi connectivity index (χ0) is 13.8. The van der Waals surface area contributed by atoms with E-state index in [0.717, 1.165) is 24.1 Å². The molecule has 0 heterocycles. The summed E-state index contributed by atoms with van der Waals surface area (Å²) >= 11 is 4.98. The number of hydrogen-bond acceptors (Lipinski definition) is 2. The van der Waals surface area contributed by atoms with Crippen LogP contribution in [0.1, 0.15) is 43.7 Å². The van der Waals surface area contributed by atoms with Crippen molar-refractivity contribution in [3.63, 3.8) is 0 Å². The van der Waals surface area contributed by atoms with Crippen molar-refractivity contribution in [2.75, 3.05) is 7.05 Å². The first-order chi connectivity index (χ1) is 9.08. The van der Waals surface area contributed by atoms with Gasteiger partial charge in [0.1, 0.15) is 4.99 Å². The zero-order valence-corrected chi connectivity index (χ0v) is 12.7. The van der Waals surface area contributed by atoms with Crippen LogP contribution in [0.15, 0.2) is 24.3 Å². The van der Waals surface area contributed by atoms with E-state index in [2.05, 4.69) is 31.0 Å². The van der Waals surface area contributed by atoms with Gasteiger partial charge in [-0.2, -0.15) is 0 Å². The molecule has 2 nitrogen and oxygen atoms in total. The van der Waals surface area contributed by atoms with Crippen LogP contribution in [0.2, 0.25) is 0 Å². The third kappa shape index (κ3) is 3.77. The molecule has 0 aromatic heterocycles. The monoisotopic (exact) mass is 276 g/mol. The summed E-state index contributed by atoms with van der Waals surface area (Å²) in [6.07, 6.45) is 5.48. The Hall–Kier alpha value is -0.930. The highest BCUT2D eigenvalue weighted by molar-refractivity contribution is 7.80. The lowest BCUT2D eigenvalue weighted by atomic mass is 9.85. The highest BCUT2D eigenvalue weighted by Gasteiger charge is 2.24. The van der Waals surface area contributed by atoms with E-state index in [1.54, 1.807) is 0 Å². The standard InChI is InChI=1S/C16H24N2S/c1-12-5-3-4-6-15(12)18(2)11-13-7-9-14(10-8-13)16(17)19/h7-10,12,15H,3-6,11H2,1-2H3,(H2,17,19). The van der Waals surface area contributed by atoms with Gasteiger partial charge < -0.3 is 5.73 Å². The van der Waals surface area contributed by atoms with Crippen molar-refractivity contribution in [1.29, 1.82) is 0 Å². The summed E-state index contributed by atoms with van der Waals surface area (Å²) in [5, 5.41) is 0. The number of rotatable bonds is 4. The van der Waals surface area contributed by atoms with Gasteiger partial charge in [0.15, 0.2) is 0 Å². The molecule has 1 aliphatic rings. The first kappa shape index (κ1) is 14.5. The Morgan fingerprint density at radius 3 is 2.47 bits per heavy atom. The minimum Gasteiger partial charge on any atom is -0.389 e. The van der Waals surface area contributed by atoms with Crippen LogP contribution in [-0.4, -0.2) is 23.0 Å². The van der Waals surface area contributed by atoms with Crippen molar-refractivity contribution >= 4 is 17.2 Å². The summed E-state index contributed by atoms with van der Waals surface area (Å²) in [7, 11) is 2.24. The predicted octanol–water partition coefficient (Wildman–Crippen LogP) is 3.33. The molecule has 0 bridgehead atoms. The average Bonchev–Trinajstić information content (AvgIpc) is 2.39. The largest absolute Gasteiger partial charge is 0.389 e. The lowest BCUT2D eigenvalue weighted by Gasteiger charge is -2.36. The summed E-state index contributed by atoms with van der Waals surface area (Å²) in [4.78, 5) is 2.97. The first-order valence-corrected chi connectivity index (χ1v) is 7.57. The van der Waals surface area contributed by atoms with Gasteiger partial charge in [0, 0.05) is 18.2 Å². The van der Waals surface area contributed by atoms with E-state index in [0.29, 0.717) is 4.99 Å². The van der Waals surface area contributed by atoms with Crippen LogP contribution in [0.25, 0.3) is 0 Å². The van der Waals surface area contributed by atoms with Gasteiger partial charge >= 0.3 is 0 Å². The van der Waals surface area contributed by atoms with Gasteiger partial charge in [-0.3, -0.25) is 4.90 Å². The molecule has 2 N–H and O–H groups in total. The van der Waals surface area contributed by atoms with Gasteiger partial charge in [-0.25, -0.2) is 0 Å².